The van der Waals surface area contributed by atoms with E-state index in [-0.39, 0.29) is 5.91 Å². The Hall–Kier alpha value is -1.89. The highest BCUT2D eigenvalue weighted by Gasteiger charge is 2.36. The van der Waals surface area contributed by atoms with Crippen LogP contribution in [-0.4, -0.2) is 40.5 Å². The van der Waals surface area contributed by atoms with Crippen molar-refractivity contribution in [3.05, 3.63) is 36.0 Å². The lowest BCUT2D eigenvalue weighted by molar-refractivity contribution is -0.144. The van der Waals surface area contributed by atoms with Gasteiger partial charge >= 0.3 is 0 Å². The first-order valence-electron chi connectivity index (χ1n) is 7.55. The number of para-hydroxylation sites is 1. The van der Waals surface area contributed by atoms with Crippen LogP contribution in [0.4, 0.5) is 0 Å². The first-order chi connectivity index (χ1) is 10.7. The minimum Gasteiger partial charge on any atom is -0.366 e. The van der Waals surface area contributed by atoms with Crippen molar-refractivity contribution in [2.75, 3.05) is 7.11 Å². The number of carbonyl (C=O) groups excluding carboxylic acids is 1. The number of nitrogens with one attached hydrogen (secondary N) is 2. The normalized spacial score (nSPS) is 16.1. The molecule has 0 spiro atoms. The number of ether oxygens (including phenoxy) is 1. The maximum Gasteiger partial charge on any atom is 0.240 e. The third kappa shape index (κ3) is 3.72. The number of rotatable bonds is 6. The molecule has 23 heavy (non-hydrogen) atoms. The summed E-state index contributed by atoms with van der Waals surface area (Å²) in [5, 5.41) is 13.6. The van der Waals surface area contributed by atoms with E-state index in [9.17, 15) is 9.90 Å². The van der Waals surface area contributed by atoms with Gasteiger partial charge in [-0.2, -0.15) is 0 Å². The Morgan fingerprint density at radius 2 is 2.04 bits per heavy atom. The van der Waals surface area contributed by atoms with E-state index in [1.54, 1.807) is 20.8 Å². The van der Waals surface area contributed by atoms with Gasteiger partial charge in [0.15, 0.2) is 6.29 Å². The Kier molecular flexibility index (Phi) is 4.79. The molecule has 1 aromatic carbocycles. The zero-order valence-electron chi connectivity index (χ0n) is 14.0. The van der Waals surface area contributed by atoms with Crippen LogP contribution in [0.15, 0.2) is 30.5 Å². The Morgan fingerprint density at radius 3 is 2.70 bits per heavy atom. The summed E-state index contributed by atoms with van der Waals surface area (Å²) in [7, 11) is 1.38. The minimum absolute atomic E-state index is 0.344. The van der Waals surface area contributed by atoms with Gasteiger partial charge in [0.2, 0.25) is 5.91 Å². The third-order valence-corrected chi connectivity index (χ3v) is 4.03. The van der Waals surface area contributed by atoms with Crippen LogP contribution in [0, 0.1) is 0 Å². The lowest BCUT2D eigenvalue weighted by atomic mass is 9.91. The van der Waals surface area contributed by atoms with Gasteiger partial charge in [-0.15, -0.1) is 0 Å². The number of H-pyrrole nitrogens is 1. The molecule has 2 unspecified atom stereocenters. The predicted octanol–water partition coefficient (Wildman–Crippen LogP) is 1.29. The highest BCUT2D eigenvalue weighted by molar-refractivity contribution is 5.89. The first kappa shape index (κ1) is 17.5. The van der Waals surface area contributed by atoms with Crippen LogP contribution >= 0.6 is 0 Å². The summed E-state index contributed by atoms with van der Waals surface area (Å²) in [5.41, 5.74) is 6.18. The van der Waals surface area contributed by atoms with Gasteiger partial charge < -0.3 is 25.9 Å². The SMILES string of the molecule is COC(O)C(C)(C)NC(=O)C(C)(N)Cc1c[nH]c2ccccc12. The summed E-state index contributed by atoms with van der Waals surface area (Å²) in [6.45, 7) is 5.04. The molecule has 2 atom stereocenters. The number of fused-ring (bicyclic) bond motifs is 1. The maximum atomic E-state index is 12.6. The third-order valence-electron chi connectivity index (χ3n) is 4.03. The molecule has 0 saturated heterocycles. The summed E-state index contributed by atoms with van der Waals surface area (Å²) in [5.74, 6) is -0.344. The predicted molar refractivity (Wildman–Crippen MR) is 89.8 cm³/mol. The molecule has 1 amide bonds. The Balaban J connectivity index is 2.16. The number of amides is 1. The molecule has 5 N–H and O–H groups in total. The van der Waals surface area contributed by atoms with Gasteiger partial charge in [0.25, 0.3) is 0 Å². The van der Waals surface area contributed by atoms with Gasteiger partial charge in [0.05, 0.1) is 11.1 Å². The van der Waals surface area contributed by atoms with Crippen molar-refractivity contribution >= 4 is 16.8 Å². The number of methoxy groups -OCH3 is 1. The molecule has 0 aliphatic rings. The van der Waals surface area contributed by atoms with Gasteiger partial charge in [0, 0.05) is 30.6 Å². The van der Waals surface area contributed by atoms with E-state index in [4.69, 9.17) is 10.5 Å². The topological polar surface area (TPSA) is 100 Å². The molecule has 2 rings (SSSR count). The first-order valence-corrected chi connectivity index (χ1v) is 7.55. The van der Waals surface area contributed by atoms with E-state index in [1.165, 1.54) is 7.11 Å². The molecule has 0 aliphatic carbocycles. The van der Waals surface area contributed by atoms with E-state index >= 15 is 0 Å². The quantitative estimate of drug-likeness (QED) is 0.603. The van der Waals surface area contributed by atoms with Crippen molar-refractivity contribution in [1.82, 2.24) is 10.3 Å². The molecule has 0 fully saturated rings. The summed E-state index contributed by atoms with van der Waals surface area (Å²) in [6.07, 6.45) is 1.13. The van der Waals surface area contributed by atoms with E-state index < -0.39 is 17.4 Å². The molecule has 126 valence electrons. The summed E-state index contributed by atoms with van der Waals surface area (Å²) >= 11 is 0. The molecular weight excluding hydrogens is 294 g/mol. The van der Waals surface area contributed by atoms with Crippen LogP contribution in [-0.2, 0) is 16.0 Å². The van der Waals surface area contributed by atoms with Crippen molar-refractivity contribution in [3.8, 4) is 0 Å². The van der Waals surface area contributed by atoms with Crippen LogP contribution in [0.3, 0.4) is 0 Å². The second kappa shape index (κ2) is 6.31. The van der Waals surface area contributed by atoms with E-state index in [0.29, 0.717) is 6.42 Å². The van der Waals surface area contributed by atoms with Crippen LogP contribution in [0.5, 0.6) is 0 Å². The molecule has 6 heteroatoms. The number of hydrogen-bond donors (Lipinski definition) is 4. The van der Waals surface area contributed by atoms with Gasteiger partial charge in [-0.25, -0.2) is 0 Å². The van der Waals surface area contributed by atoms with Gasteiger partial charge in [-0.3, -0.25) is 4.79 Å². The number of benzene rings is 1. The minimum atomic E-state index is -1.12. The van der Waals surface area contributed by atoms with Gasteiger partial charge in [-0.1, -0.05) is 18.2 Å². The van der Waals surface area contributed by atoms with Crippen molar-refractivity contribution in [2.24, 2.45) is 5.73 Å². The van der Waals surface area contributed by atoms with E-state index in [2.05, 4.69) is 10.3 Å². The molecule has 0 aliphatic heterocycles. The molecule has 1 heterocycles. The smallest absolute Gasteiger partial charge is 0.240 e. The highest BCUT2D eigenvalue weighted by atomic mass is 16.6. The van der Waals surface area contributed by atoms with Gasteiger partial charge in [-0.05, 0) is 32.4 Å². The number of hydrogen-bond acceptors (Lipinski definition) is 4. The molecule has 0 saturated carbocycles. The maximum absolute atomic E-state index is 12.6. The van der Waals surface area contributed by atoms with Crippen molar-refractivity contribution in [2.45, 2.75) is 44.6 Å². The fourth-order valence-electron chi connectivity index (χ4n) is 2.55. The number of aromatic nitrogens is 1. The molecular formula is C17H25N3O3. The zero-order chi connectivity index (χ0) is 17.3. The van der Waals surface area contributed by atoms with E-state index in [1.807, 2.05) is 30.5 Å². The van der Waals surface area contributed by atoms with Crippen LogP contribution in [0.25, 0.3) is 10.9 Å². The lowest BCUT2D eigenvalue weighted by Gasteiger charge is -2.34. The second-order valence-electron chi connectivity index (χ2n) is 6.72. The summed E-state index contributed by atoms with van der Waals surface area (Å²) in [6, 6.07) is 7.87. The number of aliphatic hydroxyl groups excluding tert-OH is 1. The van der Waals surface area contributed by atoms with Crippen LogP contribution < -0.4 is 11.1 Å². The van der Waals surface area contributed by atoms with E-state index in [0.717, 1.165) is 16.5 Å². The molecule has 0 bridgehead atoms. The molecule has 0 radical (unpaired) electrons. The van der Waals surface area contributed by atoms with Crippen molar-refractivity contribution in [1.29, 1.82) is 0 Å². The summed E-state index contributed by atoms with van der Waals surface area (Å²) < 4.78 is 4.89. The summed E-state index contributed by atoms with van der Waals surface area (Å²) in [4.78, 5) is 15.7. The Morgan fingerprint density at radius 1 is 1.39 bits per heavy atom. The monoisotopic (exact) mass is 319 g/mol. The zero-order valence-corrected chi connectivity index (χ0v) is 14.0. The average molecular weight is 319 g/mol. The Bertz CT molecular complexity index is 691. The van der Waals surface area contributed by atoms with Crippen molar-refractivity contribution < 1.29 is 14.6 Å². The van der Waals surface area contributed by atoms with Crippen LogP contribution in [0.2, 0.25) is 0 Å². The second-order valence-corrected chi connectivity index (χ2v) is 6.72. The standard InChI is InChI=1S/C17H25N3O3/c1-16(2,15(22)23-4)20-14(21)17(3,18)9-11-10-19-13-8-6-5-7-12(11)13/h5-8,10,15,19,22H,9,18H2,1-4H3,(H,20,21). The fourth-order valence-corrected chi connectivity index (χ4v) is 2.55. The van der Waals surface area contributed by atoms with Gasteiger partial charge in [0.1, 0.15) is 0 Å². The number of nitrogens with two attached hydrogens (primary N) is 1. The lowest BCUT2D eigenvalue weighted by Crippen LogP contribution is -2.61. The highest BCUT2D eigenvalue weighted by Crippen LogP contribution is 2.22. The number of aliphatic hydroxyl groups is 1. The molecule has 1 aromatic heterocycles. The number of carbonyl (C=O) groups is 1. The number of aromatic amines is 1. The fraction of sp³-hybridized carbons (Fsp3) is 0.471. The molecule has 6 nitrogen and oxygen atoms in total. The Labute approximate surface area is 136 Å². The largest absolute Gasteiger partial charge is 0.366 e. The molecule has 2 aromatic rings. The van der Waals surface area contributed by atoms with Crippen molar-refractivity contribution in [3.63, 3.8) is 0 Å². The van der Waals surface area contributed by atoms with Crippen LogP contribution in [0.1, 0.15) is 26.3 Å². The average Bonchev–Trinajstić information content (AvgIpc) is 2.88.